The zero-order chi connectivity index (χ0) is 39.7. The Balaban J connectivity index is 1.25. The molecule has 8 nitrogen and oxygen atoms in total. The van der Waals surface area contributed by atoms with Crippen LogP contribution in [0.2, 0.25) is 0 Å². The number of nitrogens with one attached hydrogen (secondary N) is 8. The van der Waals surface area contributed by atoms with Crippen LogP contribution < -0.4 is 31.9 Å². The van der Waals surface area contributed by atoms with E-state index in [9.17, 15) is 0 Å². The molecule has 2 aromatic carbocycles. The number of rotatable bonds is 0. The fraction of sp³-hybridized carbons (Fsp3) is 0.417. The molecule has 9 rings (SSSR count). The summed E-state index contributed by atoms with van der Waals surface area (Å²) in [4.78, 5) is 7.70. The van der Waals surface area contributed by atoms with Crippen molar-refractivity contribution in [2.75, 3.05) is 21.3 Å². The monoisotopic (exact) mass is 748 g/mol. The van der Waals surface area contributed by atoms with Crippen LogP contribution in [0.3, 0.4) is 0 Å². The SMILES string of the molecule is CC(C)(C)C1=CC2=C3Nc4[nH]c(c5cc(C(C)(C)C)ccc45)NC4=C5C=CC(C(C)(C)C)=CC5C(N4)Nc4[nH]c(c5cc(C(C)(C)C)ccc45)NC(N3)C2C=C1. The molecular weight excluding hydrogens is 689 g/mol. The Hall–Kier alpha value is -5.24. The molecule has 292 valence electrons. The number of H-pyrrole nitrogens is 2. The zero-order valence-corrected chi connectivity index (χ0v) is 35.2. The van der Waals surface area contributed by atoms with Crippen molar-refractivity contribution >= 4 is 44.8 Å². The van der Waals surface area contributed by atoms with E-state index in [0.29, 0.717) is 0 Å². The fourth-order valence-corrected chi connectivity index (χ4v) is 8.78. The number of aromatic amines is 2. The fourth-order valence-electron chi connectivity index (χ4n) is 8.78. The van der Waals surface area contributed by atoms with E-state index in [1.807, 2.05) is 0 Å². The summed E-state index contributed by atoms with van der Waals surface area (Å²) >= 11 is 0. The van der Waals surface area contributed by atoms with Crippen LogP contribution in [0.15, 0.2) is 107 Å². The minimum Gasteiger partial charge on any atom is -0.351 e. The van der Waals surface area contributed by atoms with Crippen molar-refractivity contribution in [2.45, 2.75) is 106 Å². The highest BCUT2D eigenvalue weighted by Gasteiger charge is 2.39. The van der Waals surface area contributed by atoms with E-state index in [2.05, 4.69) is 198 Å². The second-order valence-electron chi connectivity index (χ2n) is 20.7. The second-order valence-corrected chi connectivity index (χ2v) is 20.7. The second kappa shape index (κ2) is 12.1. The molecule has 4 atom stereocenters. The molecule has 2 aliphatic carbocycles. The summed E-state index contributed by atoms with van der Waals surface area (Å²) in [5.74, 6) is 6.11. The molecule has 0 saturated heterocycles. The average Bonchev–Trinajstić information content (AvgIpc) is 3.84. The Morgan fingerprint density at radius 1 is 0.446 bits per heavy atom. The van der Waals surface area contributed by atoms with Crippen LogP contribution in [-0.2, 0) is 10.8 Å². The van der Waals surface area contributed by atoms with Gasteiger partial charge in [0.2, 0.25) is 0 Å². The van der Waals surface area contributed by atoms with Gasteiger partial charge in [-0.3, -0.25) is 0 Å². The van der Waals surface area contributed by atoms with Crippen LogP contribution >= 0.6 is 0 Å². The quantitative estimate of drug-likeness (QED) is 0.0911. The van der Waals surface area contributed by atoms with E-state index in [1.165, 1.54) is 38.8 Å². The van der Waals surface area contributed by atoms with E-state index in [1.54, 1.807) is 0 Å². The van der Waals surface area contributed by atoms with Gasteiger partial charge in [0.25, 0.3) is 0 Å². The van der Waals surface area contributed by atoms with Crippen molar-refractivity contribution in [1.82, 2.24) is 20.6 Å². The van der Waals surface area contributed by atoms with Crippen LogP contribution in [0.1, 0.15) is 94.2 Å². The molecule has 4 unspecified atom stereocenters. The van der Waals surface area contributed by atoms with Crippen LogP contribution in [0.5, 0.6) is 0 Å². The van der Waals surface area contributed by atoms with E-state index in [-0.39, 0.29) is 45.8 Å². The zero-order valence-electron chi connectivity index (χ0n) is 35.2. The van der Waals surface area contributed by atoms with Crippen molar-refractivity contribution in [3.63, 3.8) is 0 Å². The van der Waals surface area contributed by atoms with Gasteiger partial charge in [-0.2, -0.15) is 0 Å². The Labute approximate surface area is 332 Å². The number of aromatic nitrogens is 2. The van der Waals surface area contributed by atoms with E-state index in [0.717, 1.165) is 51.1 Å². The van der Waals surface area contributed by atoms with Gasteiger partial charge in [0.15, 0.2) is 0 Å². The van der Waals surface area contributed by atoms with Gasteiger partial charge in [0.1, 0.15) is 47.2 Å². The van der Waals surface area contributed by atoms with Crippen LogP contribution in [0.4, 0.5) is 23.3 Å². The molecule has 2 aromatic heterocycles. The molecule has 4 aromatic rings. The topological polar surface area (TPSA) is 104 Å². The number of anilines is 4. The van der Waals surface area contributed by atoms with Gasteiger partial charge in [-0.1, -0.05) is 144 Å². The molecule has 0 saturated carbocycles. The molecular formula is C48H60N8. The summed E-state index contributed by atoms with van der Waals surface area (Å²) in [5, 5.41) is 28.3. The summed E-state index contributed by atoms with van der Waals surface area (Å²) < 4.78 is 0. The van der Waals surface area contributed by atoms with Gasteiger partial charge < -0.3 is 41.9 Å². The number of benzene rings is 2. The first-order valence-corrected chi connectivity index (χ1v) is 20.4. The Morgan fingerprint density at radius 2 is 0.946 bits per heavy atom. The predicted molar refractivity (Wildman–Crippen MR) is 237 cm³/mol. The number of allylic oxidation sites excluding steroid dienone is 6. The molecule has 5 aliphatic rings. The first-order valence-electron chi connectivity index (χ1n) is 20.4. The average molecular weight is 749 g/mol. The van der Waals surface area contributed by atoms with Crippen LogP contribution in [0.25, 0.3) is 21.5 Å². The third-order valence-corrected chi connectivity index (χ3v) is 12.4. The maximum Gasteiger partial charge on any atom is 0.118 e. The lowest BCUT2D eigenvalue weighted by molar-refractivity contribution is 0.500. The number of hydrogen-bond donors (Lipinski definition) is 8. The Kier molecular flexibility index (Phi) is 7.88. The summed E-state index contributed by atoms with van der Waals surface area (Å²) in [6.07, 6.45) is 13.9. The van der Waals surface area contributed by atoms with Crippen LogP contribution in [0, 0.1) is 22.7 Å². The Morgan fingerprint density at radius 3 is 1.54 bits per heavy atom. The third-order valence-electron chi connectivity index (χ3n) is 12.4. The smallest absolute Gasteiger partial charge is 0.118 e. The molecule has 0 fully saturated rings. The molecule has 0 spiro atoms. The number of fused-ring (bicyclic) bond motifs is 18. The highest BCUT2D eigenvalue weighted by molar-refractivity contribution is 6.04. The molecule has 8 heteroatoms. The molecule has 0 amide bonds. The normalized spacial score (nSPS) is 23.4. The van der Waals surface area contributed by atoms with Crippen molar-refractivity contribution in [1.29, 1.82) is 0 Å². The molecule has 5 heterocycles. The van der Waals surface area contributed by atoms with Crippen molar-refractivity contribution in [3.05, 3.63) is 118 Å². The Bertz CT molecular complexity index is 2480. The largest absolute Gasteiger partial charge is 0.351 e. The maximum absolute atomic E-state index is 3.99. The summed E-state index contributed by atoms with van der Waals surface area (Å²) in [6.45, 7) is 27.4. The molecule has 8 bridgehead atoms. The van der Waals surface area contributed by atoms with Gasteiger partial charge in [0, 0.05) is 44.5 Å². The lowest BCUT2D eigenvalue weighted by Crippen LogP contribution is -2.38. The van der Waals surface area contributed by atoms with Gasteiger partial charge in [0.05, 0.1) is 0 Å². The van der Waals surface area contributed by atoms with E-state index in [4.69, 9.17) is 0 Å². The third kappa shape index (κ3) is 6.12. The van der Waals surface area contributed by atoms with Crippen molar-refractivity contribution in [3.8, 4) is 0 Å². The van der Waals surface area contributed by atoms with Gasteiger partial charge in [-0.15, -0.1) is 0 Å². The maximum atomic E-state index is 3.99. The van der Waals surface area contributed by atoms with Crippen molar-refractivity contribution in [2.24, 2.45) is 22.7 Å². The summed E-state index contributed by atoms with van der Waals surface area (Å²) in [7, 11) is 0. The van der Waals surface area contributed by atoms with Gasteiger partial charge >= 0.3 is 0 Å². The molecule has 3 aliphatic heterocycles. The van der Waals surface area contributed by atoms with E-state index >= 15 is 0 Å². The van der Waals surface area contributed by atoms with Crippen LogP contribution in [-0.4, -0.2) is 22.3 Å². The number of hydrogen-bond acceptors (Lipinski definition) is 6. The van der Waals surface area contributed by atoms with Gasteiger partial charge in [-0.05, 0) is 56.1 Å². The minimum absolute atomic E-state index is 0.00308. The van der Waals surface area contributed by atoms with Gasteiger partial charge in [-0.25, -0.2) is 0 Å². The lowest BCUT2D eigenvalue weighted by Gasteiger charge is -2.28. The summed E-state index contributed by atoms with van der Waals surface area (Å²) in [6, 6.07) is 13.8. The summed E-state index contributed by atoms with van der Waals surface area (Å²) in [5.41, 5.74) is 7.74. The molecule has 56 heavy (non-hydrogen) atoms. The van der Waals surface area contributed by atoms with E-state index < -0.39 is 0 Å². The minimum atomic E-state index is -0.102. The molecule has 0 radical (unpaired) electrons. The first-order chi connectivity index (χ1) is 26.2. The standard InChI is InChI=1S/C48H60N8/c1-45(2,3)25-13-17-29-33(21-25)41-49-37(29)54-42-35-23-27(47(7,8)9)15-19-31(35)39(51-42)56-44-36-24-28(48(10,11)12)16-20-32(36)40(52-44)55-43-34-22-26(46(4,5)6)14-18-30(34)38(50-43)53-41/h13-24,29,36-37,44,49-56H,1-12H3. The first kappa shape index (κ1) is 36.4. The highest BCUT2D eigenvalue weighted by Crippen LogP contribution is 2.45. The van der Waals surface area contributed by atoms with Crippen molar-refractivity contribution < 1.29 is 0 Å². The highest BCUT2D eigenvalue weighted by atomic mass is 15.3. The lowest BCUT2D eigenvalue weighted by atomic mass is 9.79. The predicted octanol–water partition coefficient (Wildman–Crippen LogP) is 11.2. The molecule has 8 N–H and O–H groups in total.